The summed E-state index contributed by atoms with van der Waals surface area (Å²) >= 11 is 7.22. The van der Waals surface area contributed by atoms with Gasteiger partial charge in [-0.25, -0.2) is 4.98 Å². The lowest BCUT2D eigenvalue weighted by Gasteiger charge is -2.14. The van der Waals surface area contributed by atoms with Crippen molar-refractivity contribution in [2.24, 2.45) is 0 Å². The van der Waals surface area contributed by atoms with Gasteiger partial charge in [-0.3, -0.25) is 0 Å². The summed E-state index contributed by atoms with van der Waals surface area (Å²) in [7, 11) is 0. The predicted octanol–water partition coefficient (Wildman–Crippen LogP) is 3.36. The largest absolute Gasteiger partial charge is 0.393 e. The van der Waals surface area contributed by atoms with Crippen molar-refractivity contribution < 1.29 is 5.11 Å². The summed E-state index contributed by atoms with van der Waals surface area (Å²) in [5.74, 6) is 0.613. The van der Waals surface area contributed by atoms with Crippen LogP contribution >= 0.6 is 22.9 Å². The van der Waals surface area contributed by atoms with Crippen LogP contribution in [0.15, 0.2) is 5.38 Å². The van der Waals surface area contributed by atoms with Crippen molar-refractivity contribution in [1.82, 2.24) is 4.98 Å². The molecular formula is C12H20ClNOS. The Balaban J connectivity index is 2.52. The summed E-state index contributed by atoms with van der Waals surface area (Å²) in [6.07, 6.45) is 1.96. The zero-order valence-corrected chi connectivity index (χ0v) is 11.7. The molecular weight excluding hydrogens is 242 g/mol. The van der Waals surface area contributed by atoms with E-state index in [0.29, 0.717) is 12.3 Å². The number of halogens is 1. The van der Waals surface area contributed by atoms with Crippen molar-refractivity contribution in [3.05, 3.63) is 16.1 Å². The van der Waals surface area contributed by atoms with E-state index in [4.69, 9.17) is 11.6 Å². The maximum atomic E-state index is 9.75. The second-order valence-electron chi connectivity index (χ2n) is 5.07. The Labute approximate surface area is 107 Å². The van der Waals surface area contributed by atoms with Crippen molar-refractivity contribution in [3.8, 4) is 0 Å². The third kappa shape index (κ3) is 4.40. The molecule has 1 rings (SSSR count). The summed E-state index contributed by atoms with van der Waals surface area (Å²) in [5, 5.41) is 12.9. The Hall–Kier alpha value is -0.120. The van der Waals surface area contributed by atoms with E-state index in [-0.39, 0.29) is 11.5 Å². The molecule has 0 aromatic carbocycles. The maximum Gasteiger partial charge on any atom is 0.0954 e. The molecule has 0 spiro atoms. The minimum atomic E-state index is -0.308. The number of nitrogens with zero attached hydrogens (tertiary/aromatic N) is 1. The van der Waals surface area contributed by atoms with E-state index >= 15 is 0 Å². The highest BCUT2D eigenvalue weighted by atomic mass is 35.5. The molecule has 0 aliphatic carbocycles. The van der Waals surface area contributed by atoms with E-state index in [1.54, 1.807) is 11.3 Å². The van der Waals surface area contributed by atoms with Gasteiger partial charge in [-0.05, 0) is 12.8 Å². The fraction of sp³-hybridized carbons (Fsp3) is 0.750. The molecule has 0 fully saturated rings. The Morgan fingerprint density at radius 2 is 2.19 bits per heavy atom. The van der Waals surface area contributed by atoms with Gasteiger partial charge in [0, 0.05) is 23.1 Å². The molecule has 1 aromatic heterocycles. The van der Waals surface area contributed by atoms with Crippen LogP contribution in [-0.4, -0.2) is 22.1 Å². The SMILES string of the molecule is CC(C)(C)c1csc(CC(O)CCCCl)n1. The number of thiazole rings is 1. The molecule has 1 N–H and O–H groups in total. The summed E-state index contributed by atoms with van der Waals surface area (Å²) in [6.45, 7) is 6.45. The average Bonchev–Trinajstić information content (AvgIpc) is 2.62. The molecule has 1 heterocycles. The molecule has 16 heavy (non-hydrogen) atoms. The number of rotatable bonds is 5. The predicted molar refractivity (Wildman–Crippen MR) is 70.5 cm³/mol. The van der Waals surface area contributed by atoms with E-state index in [9.17, 15) is 5.11 Å². The molecule has 0 aliphatic heterocycles. The molecule has 2 nitrogen and oxygen atoms in total. The van der Waals surface area contributed by atoms with Crippen molar-refractivity contribution in [3.63, 3.8) is 0 Å². The van der Waals surface area contributed by atoms with E-state index in [1.165, 1.54) is 0 Å². The lowest BCUT2D eigenvalue weighted by molar-refractivity contribution is 0.164. The standard InChI is InChI=1S/C12H20ClNOS/c1-12(2,3)10-8-16-11(14-10)7-9(15)5-4-6-13/h8-9,15H,4-7H2,1-3H3. The van der Waals surface area contributed by atoms with Gasteiger partial charge in [0.2, 0.25) is 0 Å². The summed E-state index contributed by atoms with van der Waals surface area (Å²) < 4.78 is 0. The molecule has 0 saturated carbocycles. The molecule has 4 heteroatoms. The van der Waals surface area contributed by atoms with Gasteiger partial charge in [-0.2, -0.15) is 0 Å². The van der Waals surface area contributed by atoms with Gasteiger partial charge < -0.3 is 5.11 Å². The van der Waals surface area contributed by atoms with Crippen LogP contribution in [0, 0.1) is 0 Å². The van der Waals surface area contributed by atoms with Crippen molar-refractivity contribution >= 4 is 22.9 Å². The van der Waals surface area contributed by atoms with Crippen LogP contribution in [0.4, 0.5) is 0 Å². The van der Waals surface area contributed by atoms with E-state index < -0.39 is 0 Å². The van der Waals surface area contributed by atoms with Crippen LogP contribution in [0.5, 0.6) is 0 Å². The quantitative estimate of drug-likeness (QED) is 0.825. The molecule has 1 atom stereocenters. The smallest absolute Gasteiger partial charge is 0.0954 e. The number of aromatic nitrogens is 1. The van der Waals surface area contributed by atoms with Gasteiger partial charge in [0.1, 0.15) is 0 Å². The van der Waals surface area contributed by atoms with E-state index in [2.05, 4.69) is 31.1 Å². The molecule has 0 radical (unpaired) electrons. The van der Waals surface area contributed by atoms with Crippen LogP contribution < -0.4 is 0 Å². The van der Waals surface area contributed by atoms with Crippen molar-refractivity contribution in [2.75, 3.05) is 5.88 Å². The third-order valence-electron chi connectivity index (χ3n) is 2.40. The first kappa shape index (κ1) is 13.9. The fourth-order valence-electron chi connectivity index (χ4n) is 1.37. The van der Waals surface area contributed by atoms with Gasteiger partial charge in [-0.15, -0.1) is 22.9 Å². The summed E-state index contributed by atoms with van der Waals surface area (Å²) in [6, 6.07) is 0. The highest BCUT2D eigenvalue weighted by Crippen LogP contribution is 2.24. The van der Waals surface area contributed by atoms with Crippen LogP contribution in [-0.2, 0) is 11.8 Å². The second kappa shape index (κ2) is 5.99. The number of hydrogen-bond acceptors (Lipinski definition) is 3. The van der Waals surface area contributed by atoms with E-state index in [0.717, 1.165) is 23.5 Å². The van der Waals surface area contributed by atoms with Crippen LogP contribution in [0.2, 0.25) is 0 Å². The van der Waals surface area contributed by atoms with Gasteiger partial charge >= 0.3 is 0 Å². The van der Waals surface area contributed by atoms with Gasteiger partial charge in [0.25, 0.3) is 0 Å². The first-order valence-electron chi connectivity index (χ1n) is 5.62. The van der Waals surface area contributed by atoms with E-state index in [1.807, 2.05) is 0 Å². The number of alkyl halides is 1. The Morgan fingerprint density at radius 1 is 1.50 bits per heavy atom. The lowest BCUT2D eigenvalue weighted by Crippen LogP contribution is -2.13. The number of aliphatic hydroxyl groups excluding tert-OH is 1. The van der Waals surface area contributed by atoms with Crippen LogP contribution in [0.3, 0.4) is 0 Å². The summed E-state index contributed by atoms with van der Waals surface area (Å²) in [4.78, 5) is 4.56. The molecule has 0 saturated heterocycles. The first-order valence-corrected chi connectivity index (χ1v) is 7.04. The Morgan fingerprint density at radius 3 is 2.69 bits per heavy atom. The topological polar surface area (TPSA) is 33.1 Å². The zero-order chi connectivity index (χ0) is 12.2. The first-order chi connectivity index (χ1) is 7.43. The summed E-state index contributed by atoms with van der Waals surface area (Å²) in [5.41, 5.74) is 1.20. The van der Waals surface area contributed by atoms with Crippen molar-refractivity contribution in [1.29, 1.82) is 0 Å². The molecule has 0 amide bonds. The Bertz CT molecular complexity index is 319. The Kier molecular flexibility index (Phi) is 5.22. The molecule has 0 aliphatic rings. The average molecular weight is 262 g/mol. The normalized spacial score (nSPS) is 14.1. The lowest BCUT2D eigenvalue weighted by atomic mass is 9.93. The minimum Gasteiger partial charge on any atom is -0.393 e. The van der Waals surface area contributed by atoms with Gasteiger partial charge in [0.05, 0.1) is 16.8 Å². The van der Waals surface area contributed by atoms with Gasteiger partial charge in [-0.1, -0.05) is 20.8 Å². The highest BCUT2D eigenvalue weighted by molar-refractivity contribution is 7.09. The monoisotopic (exact) mass is 261 g/mol. The fourth-order valence-corrected chi connectivity index (χ4v) is 2.61. The van der Waals surface area contributed by atoms with Crippen LogP contribution in [0.1, 0.15) is 44.3 Å². The molecule has 1 unspecified atom stereocenters. The van der Waals surface area contributed by atoms with Gasteiger partial charge in [0.15, 0.2) is 0 Å². The third-order valence-corrected chi connectivity index (χ3v) is 3.54. The molecule has 92 valence electrons. The second-order valence-corrected chi connectivity index (χ2v) is 6.39. The van der Waals surface area contributed by atoms with Crippen LogP contribution in [0.25, 0.3) is 0 Å². The molecule has 0 bridgehead atoms. The molecule has 1 aromatic rings. The van der Waals surface area contributed by atoms with Crippen molar-refractivity contribution in [2.45, 2.75) is 51.6 Å². The maximum absolute atomic E-state index is 9.75. The number of aliphatic hydroxyl groups is 1. The highest BCUT2D eigenvalue weighted by Gasteiger charge is 2.18. The zero-order valence-electron chi connectivity index (χ0n) is 10.2. The minimum absolute atomic E-state index is 0.0931. The number of hydrogen-bond donors (Lipinski definition) is 1.